The average molecular weight is 402 g/mol. The van der Waals surface area contributed by atoms with Gasteiger partial charge in [-0.2, -0.15) is 0 Å². The maximum atomic E-state index is 13.5. The van der Waals surface area contributed by atoms with Gasteiger partial charge in [0.2, 0.25) is 0 Å². The van der Waals surface area contributed by atoms with Crippen molar-refractivity contribution in [3.05, 3.63) is 58.9 Å². The monoisotopic (exact) mass is 402 g/mol. The number of methoxy groups -OCH3 is 2. The maximum absolute atomic E-state index is 13.5. The summed E-state index contributed by atoms with van der Waals surface area (Å²) in [6.07, 6.45) is 0.558. The lowest BCUT2D eigenvalue weighted by Crippen LogP contribution is -2.50. The molecule has 2 amide bonds. The molecule has 0 spiro atoms. The van der Waals surface area contributed by atoms with Gasteiger partial charge in [0.05, 0.1) is 20.3 Å². The number of carboxylic acids is 1. The first kappa shape index (κ1) is 20.4. The van der Waals surface area contributed by atoms with Crippen LogP contribution >= 0.6 is 0 Å². The van der Waals surface area contributed by atoms with Crippen molar-refractivity contribution >= 4 is 12.0 Å². The Kier molecular flexibility index (Phi) is 5.91. The van der Waals surface area contributed by atoms with Crippen LogP contribution in [0, 0.1) is 5.82 Å². The van der Waals surface area contributed by atoms with E-state index in [4.69, 9.17) is 14.6 Å². The molecular formula is C21H23FN2O5. The smallest absolute Gasteiger partial charge is 0.325 e. The molecule has 0 unspecified atom stereocenters. The maximum Gasteiger partial charge on any atom is 0.325 e. The van der Waals surface area contributed by atoms with Crippen molar-refractivity contribution in [1.29, 1.82) is 0 Å². The van der Waals surface area contributed by atoms with Crippen molar-refractivity contribution in [1.82, 2.24) is 10.2 Å². The number of urea groups is 1. The van der Waals surface area contributed by atoms with Crippen LogP contribution in [-0.4, -0.2) is 48.8 Å². The van der Waals surface area contributed by atoms with Gasteiger partial charge in [-0.05, 0) is 54.3 Å². The van der Waals surface area contributed by atoms with Crippen molar-refractivity contribution in [3.63, 3.8) is 0 Å². The first-order valence-electron chi connectivity index (χ1n) is 9.16. The van der Waals surface area contributed by atoms with Gasteiger partial charge >= 0.3 is 12.0 Å². The first-order valence-corrected chi connectivity index (χ1v) is 9.16. The van der Waals surface area contributed by atoms with Gasteiger partial charge in [0, 0.05) is 6.54 Å². The molecule has 0 aliphatic carbocycles. The van der Waals surface area contributed by atoms with Gasteiger partial charge in [-0.1, -0.05) is 12.1 Å². The highest BCUT2D eigenvalue weighted by Crippen LogP contribution is 2.41. The average Bonchev–Trinajstić information content (AvgIpc) is 2.72. The summed E-state index contributed by atoms with van der Waals surface area (Å²) < 4.78 is 24.3. The van der Waals surface area contributed by atoms with E-state index < -0.39 is 24.1 Å². The zero-order valence-electron chi connectivity index (χ0n) is 16.4. The number of carbonyl (C=O) groups is 2. The number of fused-ring (bicyclic) bond motifs is 1. The molecule has 0 fully saturated rings. The molecule has 2 atom stereocenters. The summed E-state index contributed by atoms with van der Waals surface area (Å²) in [6.45, 7) is 1.77. The number of hydrogen-bond donors (Lipinski definition) is 2. The molecule has 1 heterocycles. The number of carboxylic acid groups (broad SMARTS) is 1. The van der Waals surface area contributed by atoms with E-state index in [-0.39, 0.29) is 5.82 Å². The summed E-state index contributed by atoms with van der Waals surface area (Å²) in [7, 11) is 3.08. The fourth-order valence-electron chi connectivity index (χ4n) is 3.50. The van der Waals surface area contributed by atoms with E-state index in [9.17, 15) is 14.0 Å². The molecule has 2 aromatic rings. The van der Waals surface area contributed by atoms with Crippen LogP contribution in [0.25, 0.3) is 0 Å². The van der Waals surface area contributed by atoms with Crippen molar-refractivity contribution < 1.29 is 28.6 Å². The summed E-state index contributed by atoms with van der Waals surface area (Å²) in [5, 5.41) is 11.6. The number of aliphatic carboxylic acids is 1. The highest BCUT2D eigenvalue weighted by atomic mass is 19.1. The largest absolute Gasteiger partial charge is 0.493 e. The fourth-order valence-corrected chi connectivity index (χ4v) is 3.50. The number of rotatable bonds is 5. The van der Waals surface area contributed by atoms with E-state index in [1.807, 2.05) is 12.1 Å². The van der Waals surface area contributed by atoms with E-state index in [2.05, 4.69) is 5.32 Å². The third-order valence-electron chi connectivity index (χ3n) is 5.03. The van der Waals surface area contributed by atoms with Gasteiger partial charge in [0.25, 0.3) is 0 Å². The molecule has 2 N–H and O–H groups in total. The number of nitrogens with one attached hydrogen (secondary N) is 1. The molecule has 154 valence electrons. The summed E-state index contributed by atoms with van der Waals surface area (Å²) in [4.78, 5) is 25.6. The number of ether oxygens (including phenoxy) is 2. The molecule has 0 saturated heterocycles. The Hall–Kier alpha value is -3.29. The van der Waals surface area contributed by atoms with Gasteiger partial charge in [-0.15, -0.1) is 0 Å². The second kappa shape index (κ2) is 8.38. The minimum Gasteiger partial charge on any atom is -0.493 e. The van der Waals surface area contributed by atoms with Crippen LogP contribution in [0.2, 0.25) is 0 Å². The molecule has 29 heavy (non-hydrogen) atoms. The van der Waals surface area contributed by atoms with E-state index in [1.165, 1.54) is 26.2 Å². The first-order chi connectivity index (χ1) is 13.8. The molecule has 2 aromatic carbocycles. The van der Waals surface area contributed by atoms with Crippen molar-refractivity contribution in [2.24, 2.45) is 0 Å². The van der Waals surface area contributed by atoms with E-state index in [0.717, 1.165) is 11.1 Å². The predicted molar refractivity (Wildman–Crippen MR) is 104 cm³/mol. The van der Waals surface area contributed by atoms with Crippen LogP contribution in [0.4, 0.5) is 9.18 Å². The van der Waals surface area contributed by atoms with Crippen LogP contribution < -0.4 is 14.8 Å². The van der Waals surface area contributed by atoms with Gasteiger partial charge in [0.1, 0.15) is 11.9 Å². The molecule has 7 nitrogen and oxygen atoms in total. The molecule has 0 bridgehead atoms. The van der Waals surface area contributed by atoms with Gasteiger partial charge in [0.15, 0.2) is 11.5 Å². The second-order valence-electron chi connectivity index (χ2n) is 6.81. The summed E-state index contributed by atoms with van der Waals surface area (Å²) >= 11 is 0. The minimum atomic E-state index is -1.12. The number of benzene rings is 2. The molecule has 8 heteroatoms. The number of halogens is 1. The number of nitrogens with zero attached hydrogens (tertiary/aromatic N) is 1. The molecular weight excluding hydrogens is 379 g/mol. The highest BCUT2D eigenvalue weighted by molar-refractivity contribution is 5.83. The predicted octanol–water partition coefficient (Wildman–Crippen LogP) is 2.97. The van der Waals surface area contributed by atoms with Gasteiger partial charge in [-0.25, -0.2) is 9.18 Å². The minimum absolute atomic E-state index is 0.364. The van der Waals surface area contributed by atoms with Crippen LogP contribution in [0.15, 0.2) is 36.4 Å². The van der Waals surface area contributed by atoms with Crippen LogP contribution in [-0.2, 0) is 11.2 Å². The molecule has 1 aliphatic heterocycles. The number of carbonyl (C=O) groups excluding carboxylic acids is 1. The Labute approximate surface area is 168 Å². The SMILES string of the molecule is COc1cc2c(cc1OC)[C@H](c1ccc(F)cc1)N(C(=O)N[C@@H](C)C(=O)O)CC2. The molecule has 1 aliphatic rings. The normalized spacial score (nSPS) is 16.6. The van der Waals surface area contributed by atoms with Crippen LogP contribution in [0.3, 0.4) is 0 Å². The Balaban J connectivity index is 2.08. The second-order valence-corrected chi connectivity index (χ2v) is 6.81. The molecule has 3 rings (SSSR count). The Morgan fingerprint density at radius 1 is 1.17 bits per heavy atom. The third kappa shape index (κ3) is 4.11. The van der Waals surface area contributed by atoms with E-state index in [0.29, 0.717) is 30.0 Å². The third-order valence-corrected chi connectivity index (χ3v) is 5.03. The summed E-state index contributed by atoms with van der Waals surface area (Å²) in [5.41, 5.74) is 2.50. The van der Waals surface area contributed by atoms with Crippen LogP contribution in [0.5, 0.6) is 11.5 Å². The Bertz CT molecular complexity index is 916. The lowest BCUT2D eigenvalue weighted by Gasteiger charge is -2.38. The van der Waals surface area contributed by atoms with Gasteiger partial charge in [-0.3, -0.25) is 4.79 Å². The topological polar surface area (TPSA) is 88.1 Å². The Morgan fingerprint density at radius 3 is 2.38 bits per heavy atom. The molecule has 0 aromatic heterocycles. The van der Waals surface area contributed by atoms with Crippen molar-refractivity contribution in [2.45, 2.75) is 25.4 Å². The number of hydrogen-bond acceptors (Lipinski definition) is 4. The standard InChI is InChI=1S/C21H23FN2O5/c1-12(20(25)26)23-21(27)24-9-8-14-10-17(28-2)18(29-3)11-16(14)19(24)13-4-6-15(22)7-5-13/h4-7,10-12,19H,8-9H2,1-3H3,(H,23,27)(H,25,26)/t12-,19-/m0/s1. The van der Waals surface area contributed by atoms with E-state index >= 15 is 0 Å². The lowest BCUT2D eigenvalue weighted by atomic mass is 9.88. The zero-order valence-corrected chi connectivity index (χ0v) is 16.4. The molecule has 0 radical (unpaired) electrons. The quantitative estimate of drug-likeness (QED) is 0.803. The summed E-state index contributed by atoms with van der Waals surface area (Å²) in [5.74, 6) is -0.408. The van der Waals surface area contributed by atoms with Gasteiger partial charge < -0.3 is 24.8 Å². The van der Waals surface area contributed by atoms with Crippen LogP contribution in [0.1, 0.15) is 29.7 Å². The lowest BCUT2D eigenvalue weighted by molar-refractivity contribution is -0.138. The fraction of sp³-hybridized carbons (Fsp3) is 0.333. The number of amides is 2. The van der Waals surface area contributed by atoms with Crippen molar-refractivity contribution in [3.8, 4) is 11.5 Å². The van der Waals surface area contributed by atoms with Crippen molar-refractivity contribution in [2.75, 3.05) is 20.8 Å². The molecule has 0 saturated carbocycles. The zero-order chi connectivity index (χ0) is 21.1. The highest BCUT2D eigenvalue weighted by Gasteiger charge is 2.34. The summed E-state index contributed by atoms with van der Waals surface area (Å²) in [6, 6.07) is 7.51. The van der Waals surface area contributed by atoms with E-state index in [1.54, 1.807) is 24.1 Å². The Morgan fingerprint density at radius 2 is 1.79 bits per heavy atom.